The molecule has 140 valence electrons. The fourth-order valence-corrected chi connectivity index (χ4v) is 3.10. The molecule has 1 aromatic carbocycles. The average molecular weight is 452 g/mol. The van der Waals surface area contributed by atoms with Crippen LogP contribution in [0, 0.1) is 0 Å². The first-order chi connectivity index (χ1) is 13.1. The van der Waals surface area contributed by atoms with Gasteiger partial charge in [-0.25, -0.2) is 10.5 Å². The molecular formula is C18H16BrClN4O3. The van der Waals surface area contributed by atoms with E-state index in [2.05, 4.69) is 38.3 Å². The largest absolute Gasteiger partial charge is 0.499 e. The minimum Gasteiger partial charge on any atom is -0.499 e. The van der Waals surface area contributed by atoms with E-state index in [1.165, 1.54) is 6.26 Å². The number of hydrogen-bond donors (Lipinski definition) is 2. The maximum Gasteiger partial charge on any atom is 0.277 e. The topological polar surface area (TPSA) is 76.9 Å². The summed E-state index contributed by atoms with van der Waals surface area (Å²) in [5.74, 6) is -0.409. The van der Waals surface area contributed by atoms with Gasteiger partial charge in [0.1, 0.15) is 13.2 Å². The molecule has 0 spiro atoms. The smallest absolute Gasteiger partial charge is 0.277 e. The van der Waals surface area contributed by atoms with Crippen molar-refractivity contribution in [3.05, 3.63) is 70.9 Å². The van der Waals surface area contributed by atoms with Crippen LogP contribution in [0.25, 0.3) is 5.52 Å². The first-order valence-electron chi connectivity index (χ1n) is 7.91. The van der Waals surface area contributed by atoms with E-state index < -0.39 is 5.91 Å². The molecule has 0 saturated heterocycles. The molecule has 27 heavy (non-hydrogen) atoms. The number of carbonyl (C=O) groups is 1. The third-order valence-electron chi connectivity index (χ3n) is 3.61. The number of nitrogens with one attached hydrogen (secondary N) is 2. The van der Waals surface area contributed by atoms with E-state index in [-0.39, 0.29) is 13.2 Å². The summed E-state index contributed by atoms with van der Waals surface area (Å²) in [7, 11) is 0. The number of rotatable bonds is 8. The highest BCUT2D eigenvalue weighted by molar-refractivity contribution is 9.10. The molecule has 3 rings (SSSR count). The summed E-state index contributed by atoms with van der Waals surface area (Å²) < 4.78 is 7.59. The first kappa shape index (κ1) is 19.2. The van der Waals surface area contributed by atoms with Crippen LogP contribution in [-0.4, -0.2) is 28.5 Å². The van der Waals surface area contributed by atoms with Crippen molar-refractivity contribution < 1.29 is 14.4 Å². The van der Waals surface area contributed by atoms with Crippen molar-refractivity contribution in [2.24, 2.45) is 0 Å². The number of benzene rings is 1. The summed E-state index contributed by atoms with van der Waals surface area (Å²) in [5, 5.41) is 3.73. The number of fused-ring (bicyclic) bond motifs is 1. The van der Waals surface area contributed by atoms with Crippen molar-refractivity contribution in [1.29, 1.82) is 0 Å². The quantitative estimate of drug-likeness (QED) is 0.303. The minimum atomic E-state index is -0.409. The Bertz CT molecular complexity index is 976. The summed E-state index contributed by atoms with van der Waals surface area (Å²) in [6.45, 7) is 3.90. The second-order valence-electron chi connectivity index (χ2n) is 5.36. The van der Waals surface area contributed by atoms with Crippen LogP contribution < -0.4 is 10.8 Å². The highest BCUT2D eigenvalue weighted by Crippen LogP contribution is 2.32. The van der Waals surface area contributed by atoms with E-state index >= 15 is 0 Å². The van der Waals surface area contributed by atoms with Crippen molar-refractivity contribution in [1.82, 2.24) is 14.9 Å². The lowest BCUT2D eigenvalue weighted by Crippen LogP contribution is -2.26. The van der Waals surface area contributed by atoms with E-state index in [9.17, 15) is 4.79 Å². The van der Waals surface area contributed by atoms with Gasteiger partial charge in [0, 0.05) is 10.7 Å². The zero-order valence-corrected chi connectivity index (χ0v) is 16.5. The molecule has 0 fully saturated rings. The summed E-state index contributed by atoms with van der Waals surface area (Å²) >= 11 is 9.68. The van der Waals surface area contributed by atoms with E-state index in [0.29, 0.717) is 22.0 Å². The SMILES string of the molecule is C=COCCONC(=O)c1ccn2cncc2c1Nc1ccc(Br)cc1Cl. The molecule has 2 heterocycles. The molecule has 2 N–H and O–H groups in total. The molecule has 0 bridgehead atoms. The molecule has 0 saturated carbocycles. The number of anilines is 2. The maximum absolute atomic E-state index is 12.6. The summed E-state index contributed by atoms with van der Waals surface area (Å²) in [4.78, 5) is 21.9. The van der Waals surface area contributed by atoms with Crippen molar-refractivity contribution in [3.63, 3.8) is 0 Å². The van der Waals surface area contributed by atoms with Crippen LogP contribution in [0.4, 0.5) is 11.4 Å². The van der Waals surface area contributed by atoms with Gasteiger partial charge in [0.2, 0.25) is 0 Å². The van der Waals surface area contributed by atoms with Gasteiger partial charge in [-0.2, -0.15) is 0 Å². The molecule has 0 atom stereocenters. The van der Waals surface area contributed by atoms with Crippen molar-refractivity contribution in [2.75, 3.05) is 18.5 Å². The Balaban J connectivity index is 1.87. The number of amides is 1. The molecule has 2 aromatic heterocycles. The van der Waals surface area contributed by atoms with Crippen LogP contribution in [0.3, 0.4) is 0 Å². The summed E-state index contributed by atoms with van der Waals surface area (Å²) in [6.07, 6.45) is 6.36. The lowest BCUT2D eigenvalue weighted by Gasteiger charge is -2.15. The Morgan fingerprint density at radius 3 is 3.00 bits per heavy atom. The lowest BCUT2D eigenvalue weighted by atomic mass is 10.1. The molecule has 0 aliphatic heterocycles. The lowest BCUT2D eigenvalue weighted by molar-refractivity contribution is 0.0145. The number of hydroxylamine groups is 1. The van der Waals surface area contributed by atoms with Crippen molar-refractivity contribution in [3.8, 4) is 0 Å². The van der Waals surface area contributed by atoms with Gasteiger partial charge < -0.3 is 14.5 Å². The van der Waals surface area contributed by atoms with Crippen LogP contribution in [0.5, 0.6) is 0 Å². The van der Waals surface area contributed by atoms with Gasteiger partial charge in [-0.3, -0.25) is 9.63 Å². The second-order valence-corrected chi connectivity index (χ2v) is 6.68. The average Bonchev–Trinajstić information content (AvgIpc) is 3.13. The number of imidazole rings is 1. The highest BCUT2D eigenvalue weighted by Gasteiger charge is 2.17. The highest BCUT2D eigenvalue weighted by atomic mass is 79.9. The van der Waals surface area contributed by atoms with Gasteiger partial charge in [0.15, 0.2) is 0 Å². The number of aromatic nitrogens is 2. The second kappa shape index (κ2) is 8.90. The predicted octanol–water partition coefficient (Wildman–Crippen LogP) is 4.32. The number of carbonyl (C=O) groups excluding carboxylic acids is 1. The molecule has 3 aromatic rings. The standard InChI is InChI=1S/C18H16BrClN4O3/c1-2-26-7-8-27-23-18(25)13-5-6-24-11-21-10-16(24)17(13)22-15-4-3-12(19)9-14(15)20/h2-6,9-11,22H,1,7-8H2,(H,23,25). The molecule has 0 unspecified atom stereocenters. The van der Waals surface area contributed by atoms with Crippen LogP contribution in [-0.2, 0) is 9.57 Å². The number of pyridine rings is 1. The number of ether oxygens (including phenoxy) is 1. The molecule has 0 radical (unpaired) electrons. The Labute approximate surface area is 169 Å². The van der Waals surface area contributed by atoms with Gasteiger partial charge >= 0.3 is 0 Å². The third kappa shape index (κ3) is 4.60. The molecule has 0 aliphatic carbocycles. The van der Waals surface area contributed by atoms with E-state index in [1.54, 1.807) is 35.3 Å². The molecule has 7 nitrogen and oxygen atoms in total. The van der Waals surface area contributed by atoms with Gasteiger partial charge in [0.05, 0.1) is 46.3 Å². The Morgan fingerprint density at radius 1 is 1.37 bits per heavy atom. The zero-order valence-electron chi connectivity index (χ0n) is 14.1. The summed E-state index contributed by atoms with van der Waals surface area (Å²) in [5.41, 5.74) is 4.72. The Kier molecular flexibility index (Phi) is 6.33. The number of halogens is 2. The predicted molar refractivity (Wildman–Crippen MR) is 107 cm³/mol. The van der Waals surface area contributed by atoms with E-state index in [0.717, 1.165) is 9.99 Å². The van der Waals surface area contributed by atoms with Gasteiger partial charge in [-0.15, -0.1) is 0 Å². The molecule has 9 heteroatoms. The van der Waals surface area contributed by atoms with Crippen LogP contribution in [0.1, 0.15) is 10.4 Å². The fraction of sp³-hybridized carbons (Fsp3) is 0.111. The molecule has 0 aliphatic rings. The van der Waals surface area contributed by atoms with Gasteiger partial charge in [-0.05, 0) is 24.3 Å². The minimum absolute atomic E-state index is 0.188. The van der Waals surface area contributed by atoms with Crippen LogP contribution in [0.15, 0.2) is 60.3 Å². The molecular weight excluding hydrogens is 436 g/mol. The third-order valence-corrected chi connectivity index (χ3v) is 4.42. The zero-order chi connectivity index (χ0) is 19.2. The Morgan fingerprint density at radius 2 is 2.22 bits per heavy atom. The molecule has 1 amide bonds. The number of nitrogens with zero attached hydrogens (tertiary/aromatic N) is 2. The maximum atomic E-state index is 12.6. The van der Waals surface area contributed by atoms with E-state index in [4.69, 9.17) is 21.2 Å². The van der Waals surface area contributed by atoms with E-state index in [1.807, 2.05) is 12.1 Å². The van der Waals surface area contributed by atoms with Gasteiger partial charge in [0.25, 0.3) is 5.91 Å². The normalized spacial score (nSPS) is 10.6. The van der Waals surface area contributed by atoms with Crippen LogP contribution >= 0.6 is 27.5 Å². The first-order valence-corrected chi connectivity index (χ1v) is 9.08. The fourth-order valence-electron chi connectivity index (χ4n) is 2.38. The van der Waals surface area contributed by atoms with Gasteiger partial charge in [-0.1, -0.05) is 34.1 Å². The van der Waals surface area contributed by atoms with Crippen molar-refractivity contribution >= 4 is 50.3 Å². The monoisotopic (exact) mass is 450 g/mol. The van der Waals surface area contributed by atoms with Crippen LogP contribution in [0.2, 0.25) is 5.02 Å². The number of hydrogen-bond acceptors (Lipinski definition) is 5. The summed E-state index contributed by atoms with van der Waals surface area (Å²) in [6, 6.07) is 7.11. The van der Waals surface area contributed by atoms with Crippen molar-refractivity contribution in [2.45, 2.75) is 0 Å². The Hall–Kier alpha value is -2.55.